The third-order valence-corrected chi connectivity index (χ3v) is 2.58. The van der Waals surface area contributed by atoms with Crippen molar-refractivity contribution in [3.8, 4) is 5.75 Å². The van der Waals surface area contributed by atoms with Gasteiger partial charge in [0.05, 0.1) is 10.7 Å². The first-order valence-corrected chi connectivity index (χ1v) is 5.57. The van der Waals surface area contributed by atoms with Crippen molar-refractivity contribution in [1.82, 2.24) is 0 Å². The van der Waals surface area contributed by atoms with E-state index in [2.05, 4.69) is 15.9 Å². The third kappa shape index (κ3) is 2.49. The van der Waals surface area contributed by atoms with Crippen molar-refractivity contribution in [3.63, 3.8) is 0 Å². The van der Waals surface area contributed by atoms with Crippen LogP contribution in [0.15, 0.2) is 18.2 Å². The Balaban J connectivity index is 3.03. The van der Waals surface area contributed by atoms with Crippen molar-refractivity contribution in [2.24, 2.45) is 0 Å². The topological polar surface area (TPSA) is 37.3 Å². The van der Waals surface area contributed by atoms with Crippen molar-refractivity contribution in [1.29, 1.82) is 0 Å². The number of halogens is 2. The van der Waals surface area contributed by atoms with E-state index in [9.17, 15) is 9.90 Å². The number of aromatic hydroxyl groups is 1. The lowest BCUT2D eigenvalue weighted by molar-refractivity contribution is 0.0995. The average molecular weight is 278 g/mol. The number of phenols is 1. The SMILES string of the molecule is CC(Br)C(=O)c1ccc(CCl)c(O)c1. The Kier molecular flexibility index (Phi) is 3.96. The van der Waals surface area contributed by atoms with Gasteiger partial charge in [0.2, 0.25) is 0 Å². The van der Waals surface area contributed by atoms with Crippen LogP contribution in [-0.2, 0) is 5.88 Å². The van der Waals surface area contributed by atoms with Gasteiger partial charge in [-0.2, -0.15) is 0 Å². The fourth-order valence-electron chi connectivity index (χ4n) is 1.06. The molecule has 14 heavy (non-hydrogen) atoms. The van der Waals surface area contributed by atoms with Crippen LogP contribution in [0.1, 0.15) is 22.8 Å². The van der Waals surface area contributed by atoms with Gasteiger partial charge in [-0.3, -0.25) is 4.79 Å². The monoisotopic (exact) mass is 276 g/mol. The highest BCUT2D eigenvalue weighted by molar-refractivity contribution is 9.10. The van der Waals surface area contributed by atoms with E-state index in [0.29, 0.717) is 11.1 Å². The molecule has 1 atom stereocenters. The first-order valence-electron chi connectivity index (χ1n) is 4.12. The minimum absolute atomic E-state index is 0.0542. The standard InChI is InChI=1S/C10H10BrClO2/c1-6(11)10(14)7-2-3-8(5-12)9(13)4-7/h2-4,6,13H,5H2,1H3. The lowest BCUT2D eigenvalue weighted by atomic mass is 10.1. The number of Topliss-reactive ketones (excluding diaryl/α,β-unsaturated/α-hetero) is 1. The molecule has 1 unspecified atom stereocenters. The van der Waals surface area contributed by atoms with Gasteiger partial charge in [-0.15, -0.1) is 11.6 Å². The van der Waals surface area contributed by atoms with Crippen LogP contribution in [-0.4, -0.2) is 15.7 Å². The van der Waals surface area contributed by atoms with Crippen LogP contribution in [0.2, 0.25) is 0 Å². The highest BCUT2D eigenvalue weighted by atomic mass is 79.9. The van der Waals surface area contributed by atoms with E-state index in [4.69, 9.17) is 11.6 Å². The zero-order chi connectivity index (χ0) is 10.7. The predicted molar refractivity (Wildman–Crippen MR) is 60.4 cm³/mol. The van der Waals surface area contributed by atoms with Gasteiger partial charge < -0.3 is 5.11 Å². The van der Waals surface area contributed by atoms with Gasteiger partial charge in [-0.05, 0) is 13.0 Å². The van der Waals surface area contributed by atoms with E-state index in [1.165, 1.54) is 6.07 Å². The molecule has 0 saturated carbocycles. The Bertz CT molecular complexity index is 350. The maximum absolute atomic E-state index is 11.5. The first kappa shape index (κ1) is 11.5. The number of hydrogen-bond acceptors (Lipinski definition) is 2. The third-order valence-electron chi connectivity index (χ3n) is 1.88. The van der Waals surface area contributed by atoms with Crippen LogP contribution >= 0.6 is 27.5 Å². The van der Waals surface area contributed by atoms with E-state index in [0.717, 1.165) is 0 Å². The lowest BCUT2D eigenvalue weighted by Crippen LogP contribution is -2.09. The molecular weight excluding hydrogens is 267 g/mol. The number of alkyl halides is 2. The average Bonchev–Trinajstić information content (AvgIpc) is 2.16. The van der Waals surface area contributed by atoms with Crippen molar-refractivity contribution < 1.29 is 9.90 Å². The quantitative estimate of drug-likeness (QED) is 0.681. The first-order chi connectivity index (χ1) is 6.56. The molecule has 2 nitrogen and oxygen atoms in total. The second kappa shape index (κ2) is 4.80. The molecule has 0 aliphatic rings. The molecule has 0 aliphatic carbocycles. The van der Waals surface area contributed by atoms with E-state index >= 15 is 0 Å². The highest BCUT2D eigenvalue weighted by Gasteiger charge is 2.13. The van der Waals surface area contributed by atoms with Crippen molar-refractivity contribution in [3.05, 3.63) is 29.3 Å². The molecule has 1 rings (SSSR count). The molecule has 0 radical (unpaired) electrons. The second-order valence-electron chi connectivity index (χ2n) is 2.96. The molecule has 0 fully saturated rings. The Morgan fingerprint density at radius 2 is 2.29 bits per heavy atom. The molecule has 1 aromatic rings. The summed E-state index contributed by atoms with van der Waals surface area (Å²) in [6.07, 6.45) is 0. The molecule has 4 heteroatoms. The molecule has 1 N–H and O–H groups in total. The zero-order valence-corrected chi connectivity index (χ0v) is 9.97. The van der Waals surface area contributed by atoms with Crippen molar-refractivity contribution >= 4 is 33.3 Å². The minimum atomic E-state index is -0.247. The van der Waals surface area contributed by atoms with E-state index in [1.54, 1.807) is 19.1 Å². The predicted octanol–water partition coefficient (Wildman–Crippen LogP) is 3.10. The van der Waals surface area contributed by atoms with Gasteiger partial charge in [0.1, 0.15) is 5.75 Å². The van der Waals surface area contributed by atoms with Crippen LogP contribution in [0.4, 0.5) is 0 Å². The largest absolute Gasteiger partial charge is 0.508 e. The normalized spacial score (nSPS) is 12.5. The number of benzene rings is 1. The summed E-state index contributed by atoms with van der Waals surface area (Å²) in [5.74, 6) is 0.255. The summed E-state index contributed by atoms with van der Waals surface area (Å²) in [7, 11) is 0. The Morgan fingerprint density at radius 3 is 2.71 bits per heavy atom. The number of rotatable bonds is 3. The number of hydrogen-bond donors (Lipinski definition) is 1. The van der Waals surface area contributed by atoms with Crippen LogP contribution in [0.25, 0.3) is 0 Å². The molecule has 0 aliphatic heterocycles. The van der Waals surface area contributed by atoms with Gasteiger partial charge in [0.25, 0.3) is 0 Å². The van der Waals surface area contributed by atoms with Crippen LogP contribution in [0.3, 0.4) is 0 Å². The smallest absolute Gasteiger partial charge is 0.176 e. The summed E-state index contributed by atoms with van der Waals surface area (Å²) in [5, 5.41) is 9.47. The molecular formula is C10H10BrClO2. The second-order valence-corrected chi connectivity index (χ2v) is 4.60. The molecule has 0 amide bonds. The minimum Gasteiger partial charge on any atom is -0.508 e. The highest BCUT2D eigenvalue weighted by Crippen LogP contribution is 2.22. The van der Waals surface area contributed by atoms with Crippen LogP contribution in [0, 0.1) is 0 Å². The molecule has 1 aromatic carbocycles. The zero-order valence-electron chi connectivity index (χ0n) is 7.63. The van der Waals surface area contributed by atoms with Crippen LogP contribution in [0.5, 0.6) is 5.75 Å². The summed E-state index contributed by atoms with van der Waals surface area (Å²) in [6.45, 7) is 1.74. The van der Waals surface area contributed by atoms with E-state index in [-0.39, 0.29) is 22.2 Å². The lowest BCUT2D eigenvalue weighted by Gasteiger charge is -2.05. The van der Waals surface area contributed by atoms with Crippen molar-refractivity contribution in [2.75, 3.05) is 0 Å². The van der Waals surface area contributed by atoms with Crippen LogP contribution < -0.4 is 0 Å². The molecule has 0 aromatic heterocycles. The van der Waals surface area contributed by atoms with Gasteiger partial charge >= 0.3 is 0 Å². The summed E-state index contributed by atoms with van der Waals surface area (Å²) in [5.41, 5.74) is 1.12. The summed E-state index contributed by atoms with van der Waals surface area (Å²) >= 11 is 8.75. The number of ketones is 1. The maximum atomic E-state index is 11.5. The van der Waals surface area contributed by atoms with Crippen molar-refractivity contribution in [2.45, 2.75) is 17.6 Å². The number of phenolic OH excluding ortho intramolecular Hbond substituents is 1. The number of carbonyl (C=O) groups excluding carboxylic acids is 1. The van der Waals surface area contributed by atoms with E-state index < -0.39 is 0 Å². The number of carbonyl (C=O) groups is 1. The maximum Gasteiger partial charge on any atom is 0.176 e. The molecule has 0 spiro atoms. The Morgan fingerprint density at radius 1 is 1.64 bits per heavy atom. The fraction of sp³-hybridized carbons (Fsp3) is 0.300. The summed E-state index contributed by atoms with van der Waals surface area (Å²) in [4.78, 5) is 11.3. The molecule has 76 valence electrons. The Hall–Kier alpha value is -0.540. The molecule has 0 saturated heterocycles. The summed E-state index contributed by atoms with van der Waals surface area (Å²) < 4.78 is 0. The fourth-order valence-corrected chi connectivity index (χ4v) is 1.55. The summed E-state index contributed by atoms with van der Waals surface area (Å²) in [6, 6.07) is 4.76. The molecule has 0 bridgehead atoms. The van der Waals surface area contributed by atoms with Gasteiger partial charge in [-0.25, -0.2) is 0 Å². The molecule has 0 heterocycles. The van der Waals surface area contributed by atoms with Gasteiger partial charge in [0, 0.05) is 11.1 Å². The van der Waals surface area contributed by atoms with E-state index in [1.807, 2.05) is 0 Å². The van der Waals surface area contributed by atoms with Gasteiger partial charge in [-0.1, -0.05) is 28.1 Å². The Labute approximate surface area is 96.0 Å². The van der Waals surface area contributed by atoms with Gasteiger partial charge in [0.15, 0.2) is 5.78 Å².